The van der Waals surface area contributed by atoms with Crippen LogP contribution in [0, 0.1) is 0 Å². The zero-order chi connectivity index (χ0) is 12.0. The second kappa shape index (κ2) is 5.86. The average molecular weight is 242 g/mol. The van der Waals surface area contributed by atoms with Crippen molar-refractivity contribution in [3.8, 4) is 0 Å². The molecule has 0 radical (unpaired) electrons. The Morgan fingerprint density at radius 3 is 3.00 bits per heavy atom. The number of amides is 1. The van der Waals surface area contributed by atoms with Crippen LogP contribution in [0.25, 0.3) is 0 Å². The molecule has 0 saturated carbocycles. The highest BCUT2D eigenvalue weighted by Crippen LogP contribution is 2.09. The lowest BCUT2D eigenvalue weighted by Gasteiger charge is -2.02. The Bertz CT molecular complexity index is 402. The molecule has 1 heterocycles. The normalized spacial score (nSPS) is 9.50. The van der Waals surface area contributed by atoms with Crippen LogP contribution in [0.5, 0.6) is 0 Å². The van der Waals surface area contributed by atoms with Crippen molar-refractivity contribution in [3.05, 3.63) is 28.7 Å². The number of aromatic nitrogens is 1. The van der Waals surface area contributed by atoms with Crippen molar-refractivity contribution in [1.29, 1.82) is 0 Å². The van der Waals surface area contributed by atoms with E-state index >= 15 is 0 Å². The van der Waals surface area contributed by atoms with Crippen LogP contribution < -0.4 is 5.32 Å². The third-order valence-electron chi connectivity index (χ3n) is 1.49. The van der Waals surface area contributed by atoms with Crippen molar-refractivity contribution in [2.24, 2.45) is 0 Å². The van der Waals surface area contributed by atoms with Gasteiger partial charge in [0.1, 0.15) is 11.6 Å². The summed E-state index contributed by atoms with van der Waals surface area (Å²) in [5.74, 6) is -1.09. The number of carbonyl (C=O) groups is 2. The Hall–Kier alpha value is -1.89. The molecule has 0 unspecified atom stereocenters. The Kier molecular flexibility index (Phi) is 4.46. The molecule has 6 nitrogen and oxygen atoms in total. The summed E-state index contributed by atoms with van der Waals surface area (Å²) in [5.41, 5.74) is -0.0266. The minimum absolute atomic E-state index is 0.0266. The number of alkyl carbamates (subject to hydrolysis) is 1. The number of carboxylic acids is 1. The second-order valence-corrected chi connectivity index (χ2v) is 3.61. The molecular formula is C9H10N2O4S. The molecule has 0 aliphatic heterocycles. The molecule has 0 atom stereocenters. The van der Waals surface area contributed by atoms with Gasteiger partial charge in [-0.15, -0.1) is 11.3 Å². The first-order valence-electron chi connectivity index (χ1n) is 4.32. The van der Waals surface area contributed by atoms with Crippen LogP contribution in [0.1, 0.15) is 15.5 Å². The zero-order valence-electron chi connectivity index (χ0n) is 8.30. The Morgan fingerprint density at radius 2 is 2.44 bits per heavy atom. The van der Waals surface area contributed by atoms with E-state index in [-0.39, 0.29) is 18.8 Å². The highest BCUT2D eigenvalue weighted by molar-refractivity contribution is 7.09. The number of ether oxygens (including phenoxy) is 1. The van der Waals surface area contributed by atoms with Gasteiger partial charge in [-0.1, -0.05) is 12.7 Å². The molecule has 7 heteroatoms. The molecular weight excluding hydrogens is 232 g/mol. The molecule has 0 bridgehead atoms. The Labute approximate surface area is 95.6 Å². The van der Waals surface area contributed by atoms with Crippen molar-refractivity contribution in [2.75, 3.05) is 6.61 Å². The van der Waals surface area contributed by atoms with E-state index in [1.165, 1.54) is 11.5 Å². The first-order chi connectivity index (χ1) is 7.63. The summed E-state index contributed by atoms with van der Waals surface area (Å²) in [6.45, 7) is 3.67. The summed E-state index contributed by atoms with van der Waals surface area (Å²) in [4.78, 5) is 25.3. The smallest absolute Gasteiger partial charge is 0.407 e. The van der Waals surface area contributed by atoms with E-state index < -0.39 is 12.1 Å². The molecule has 0 aromatic carbocycles. The average Bonchev–Trinajstić information content (AvgIpc) is 2.72. The first-order valence-corrected chi connectivity index (χ1v) is 5.20. The van der Waals surface area contributed by atoms with Crippen LogP contribution in [0.15, 0.2) is 18.0 Å². The van der Waals surface area contributed by atoms with E-state index in [0.29, 0.717) is 5.01 Å². The molecule has 1 amide bonds. The zero-order valence-corrected chi connectivity index (χ0v) is 9.12. The van der Waals surface area contributed by atoms with Crippen molar-refractivity contribution in [2.45, 2.75) is 6.54 Å². The Morgan fingerprint density at radius 1 is 1.69 bits per heavy atom. The minimum Gasteiger partial charge on any atom is -0.476 e. The number of rotatable bonds is 5. The molecule has 1 rings (SSSR count). The van der Waals surface area contributed by atoms with Gasteiger partial charge in [-0.3, -0.25) is 0 Å². The second-order valence-electron chi connectivity index (χ2n) is 2.67. The van der Waals surface area contributed by atoms with Gasteiger partial charge < -0.3 is 15.2 Å². The van der Waals surface area contributed by atoms with Gasteiger partial charge in [0.15, 0.2) is 5.69 Å². The monoisotopic (exact) mass is 242 g/mol. The van der Waals surface area contributed by atoms with Gasteiger partial charge in [0.05, 0.1) is 6.54 Å². The Balaban J connectivity index is 2.39. The van der Waals surface area contributed by atoms with Crippen LogP contribution >= 0.6 is 11.3 Å². The summed E-state index contributed by atoms with van der Waals surface area (Å²) >= 11 is 1.16. The van der Waals surface area contributed by atoms with Crippen LogP contribution in [0.4, 0.5) is 4.79 Å². The number of thiazole rings is 1. The molecule has 16 heavy (non-hydrogen) atoms. The number of nitrogens with zero attached hydrogens (tertiary/aromatic N) is 1. The van der Waals surface area contributed by atoms with Gasteiger partial charge in [0, 0.05) is 5.38 Å². The summed E-state index contributed by atoms with van der Waals surface area (Å²) in [7, 11) is 0. The first kappa shape index (κ1) is 12.2. The number of aromatic carboxylic acids is 1. The van der Waals surface area contributed by atoms with E-state index in [1.807, 2.05) is 0 Å². The van der Waals surface area contributed by atoms with Crippen molar-refractivity contribution in [3.63, 3.8) is 0 Å². The van der Waals surface area contributed by atoms with Crippen LogP contribution in [-0.2, 0) is 11.3 Å². The number of hydrogen-bond acceptors (Lipinski definition) is 5. The fourth-order valence-electron chi connectivity index (χ4n) is 0.824. The maximum atomic E-state index is 11.0. The molecule has 0 spiro atoms. The number of hydrogen-bond donors (Lipinski definition) is 2. The molecule has 2 N–H and O–H groups in total. The van der Waals surface area contributed by atoms with E-state index in [4.69, 9.17) is 5.11 Å². The highest BCUT2D eigenvalue weighted by Gasteiger charge is 2.09. The third kappa shape index (κ3) is 3.70. The van der Waals surface area contributed by atoms with E-state index in [0.717, 1.165) is 11.3 Å². The van der Waals surface area contributed by atoms with Gasteiger partial charge in [-0.05, 0) is 0 Å². The van der Waals surface area contributed by atoms with Gasteiger partial charge in [-0.2, -0.15) is 0 Å². The predicted octanol–water partition coefficient (Wildman–Crippen LogP) is 1.25. The molecule has 0 aliphatic carbocycles. The largest absolute Gasteiger partial charge is 0.476 e. The van der Waals surface area contributed by atoms with E-state index in [2.05, 4.69) is 21.6 Å². The summed E-state index contributed by atoms with van der Waals surface area (Å²) in [5, 5.41) is 13.0. The summed E-state index contributed by atoms with van der Waals surface area (Å²) in [6, 6.07) is 0. The lowest BCUT2D eigenvalue weighted by molar-refractivity contribution is 0.0691. The topological polar surface area (TPSA) is 88.5 Å². The summed E-state index contributed by atoms with van der Waals surface area (Å²) in [6.07, 6.45) is 0.859. The maximum Gasteiger partial charge on any atom is 0.407 e. The van der Waals surface area contributed by atoms with Crippen molar-refractivity contribution >= 4 is 23.4 Å². The highest BCUT2D eigenvalue weighted by atomic mass is 32.1. The van der Waals surface area contributed by atoms with Crippen LogP contribution in [0.3, 0.4) is 0 Å². The van der Waals surface area contributed by atoms with Crippen molar-refractivity contribution in [1.82, 2.24) is 10.3 Å². The van der Waals surface area contributed by atoms with Gasteiger partial charge in [-0.25, -0.2) is 14.6 Å². The van der Waals surface area contributed by atoms with E-state index in [9.17, 15) is 9.59 Å². The van der Waals surface area contributed by atoms with Gasteiger partial charge in [0.25, 0.3) is 0 Å². The summed E-state index contributed by atoms with van der Waals surface area (Å²) < 4.78 is 4.66. The molecule has 0 saturated heterocycles. The standard InChI is InChI=1S/C9H10N2O4S/c1-2-3-15-9(14)10-4-7-11-6(5-16-7)8(12)13/h2,5H,1,3-4H2,(H,10,14)(H,12,13). The third-order valence-corrected chi connectivity index (χ3v) is 2.34. The molecule has 1 aromatic heterocycles. The predicted molar refractivity (Wildman–Crippen MR) is 57.5 cm³/mol. The van der Waals surface area contributed by atoms with Gasteiger partial charge >= 0.3 is 12.1 Å². The number of carbonyl (C=O) groups excluding carboxylic acids is 1. The lowest BCUT2D eigenvalue weighted by Crippen LogP contribution is -2.23. The van der Waals surface area contributed by atoms with Gasteiger partial charge in [0.2, 0.25) is 0 Å². The molecule has 86 valence electrons. The number of carboxylic acid groups (broad SMARTS) is 1. The van der Waals surface area contributed by atoms with Crippen LogP contribution in [0.2, 0.25) is 0 Å². The molecule has 0 fully saturated rings. The maximum absolute atomic E-state index is 11.0. The molecule has 0 aliphatic rings. The quantitative estimate of drug-likeness (QED) is 0.759. The minimum atomic E-state index is -1.09. The molecule has 1 aromatic rings. The number of nitrogens with one attached hydrogen (secondary N) is 1. The van der Waals surface area contributed by atoms with Crippen LogP contribution in [-0.4, -0.2) is 28.8 Å². The van der Waals surface area contributed by atoms with Crippen molar-refractivity contribution < 1.29 is 19.4 Å². The lowest BCUT2D eigenvalue weighted by atomic mass is 10.5. The SMILES string of the molecule is C=CCOC(=O)NCc1nc(C(=O)O)cs1. The fourth-order valence-corrected chi connectivity index (χ4v) is 1.53. The van der Waals surface area contributed by atoms with E-state index in [1.54, 1.807) is 0 Å². The fraction of sp³-hybridized carbons (Fsp3) is 0.222.